The Morgan fingerprint density at radius 1 is 0.973 bits per heavy atom. The van der Waals surface area contributed by atoms with Gasteiger partial charge in [0.25, 0.3) is 0 Å². The molecule has 13 nitrogen and oxygen atoms in total. The van der Waals surface area contributed by atoms with Crippen LogP contribution in [0.3, 0.4) is 0 Å². The smallest absolute Gasteiger partial charge is 0.330 e. The zero-order chi connectivity index (χ0) is 28.7. The lowest BCUT2D eigenvalue weighted by Crippen LogP contribution is -2.44. The normalized spacial score (nSPS) is 15.8. The van der Waals surface area contributed by atoms with Gasteiger partial charge >= 0.3 is 23.9 Å². The highest BCUT2D eigenvalue weighted by molar-refractivity contribution is 5.90. The van der Waals surface area contributed by atoms with E-state index in [-0.39, 0.29) is 18.8 Å². The Morgan fingerprint density at radius 2 is 1.59 bits per heavy atom. The fraction of sp³-hybridized carbons (Fsp3) is 0.708. The van der Waals surface area contributed by atoms with Crippen LogP contribution in [0.25, 0.3) is 0 Å². The van der Waals surface area contributed by atoms with Gasteiger partial charge < -0.3 is 42.5 Å². The number of hydrogen-bond donors (Lipinski definition) is 6. The number of carbonyl (C=O) groups excluding carboxylic acids is 3. The zero-order valence-corrected chi connectivity index (χ0v) is 22.4. The van der Waals surface area contributed by atoms with Gasteiger partial charge in [-0.15, -0.1) is 0 Å². The van der Waals surface area contributed by atoms with Crippen molar-refractivity contribution in [3.05, 3.63) is 18.2 Å². The largest absolute Gasteiger partial charge is 0.481 e. The minimum Gasteiger partial charge on any atom is -0.481 e. The number of aliphatic carboxylic acids is 1. The van der Waals surface area contributed by atoms with Crippen LogP contribution in [0.2, 0.25) is 0 Å². The number of aromatic amines is 1. The summed E-state index contributed by atoms with van der Waals surface area (Å²) in [6.07, 6.45) is 3.95. The number of imidazole rings is 1. The Morgan fingerprint density at radius 3 is 2.05 bits per heavy atom. The maximum Gasteiger partial charge on any atom is 0.330 e. The van der Waals surface area contributed by atoms with Crippen LogP contribution in [0.4, 0.5) is 0 Å². The van der Waals surface area contributed by atoms with Crippen molar-refractivity contribution in [3.8, 4) is 0 Å². The van der Waals surface area contributed by atoms with Gasteiger partial charge in [-0.25, -0.2) is 14.6 Å². The summed E-state index contributed by atoms with van der Waals surface area (Å²) in [5.74, 6) is -2.92. The molecule has 0 amide bonds. The van der Waals surface area contributed by atoms with E-state index in [1.54, 1.807) is 13.1 Å². The molecular formula is C24H44N6O7. The Kier molecular flexibility index (Phi) is 16.2. The van der Waals surface area contributed by atoms with Gasteiger partial charge in [-0.05, 0) is 24.7 Å². The predicted molar refractivity (Wildman–Crippen MR) is 137 cm³/mol. The summed E-state index contributed by atoms with van der Waals surface area (Å²) in [5.41, 5.74) is 23.4. The van der Waals surface area contributed by atoms with Crippen molar-refractivity contribution in [3.63, 3.8) is 0 Å². The maximum absolute atomic E-state index is 11.6. The van der Waals surface area contributed by atoms with Crippen LogP contribution in [-0.4, -0.2) is 69.2 Å². The summed E-state index contributed by atoms with van der Waals surface area (Å²) in [6.45, 7) is 9.42. The van der Waals surface area contributed by atoms with E-state index in [1.807, 2.05) is 27.7 Å². The number of carbonyl (C=O) groups is 4. The highest BCUT2D eigenvalue weighted by Gasteiger charge is 2.28. The third kappa shape index (κ3) is 13.9. The molecular weight excluding hydrogens is 484 g/mol. The molecule has 0 aliphatic heterocycles. The van der Waals surface area contributed by atoms with Gasteiger partial charge in [0.15, 0.2) is 0 Å². The van der Waals surface area contributed by atoms with Gasteiger partial charge in [0.1, 0.15) is 24.2 Å². The second kappa shape index (κ2) is 17.6. The van der Waals surface area contributed by atoms with Crippen LogP contribution in [0.5, 0.6) is 0 Å². The molecule has 6 atom stereocenters. The number of carboxylic acid groups (broad SMARTS) is 1. The van der Waals surface area contributed by atoms with E-state index in [4.69, 9.17) is 32.8 Å². The van der Waals surface area contributed by atoms with E-state index >= 15 is 0 Å². The van der Waals surface area contributed by atoms with E-state index in [2.05, 4.69) is 14.7 Å². The molecule has 1 unspecified atom stereocenters. The Hall–Kier alpha value is -2.87. The predicted octanol–water partition coefficient (Wildman–Crippen LogP) is 0.206. The summed E-state index contributed by atoms with van der Waals surface area (Å²) in [5, 5.41) is 8.80. The molecule has 0 aliphatic rings. The minimum absolute atomic E-state index is 0.0529. The van der Waals surface area contributed by atoms with E-state index < -0.39 is 54.1 Å². The quantitative estimate of drug-likeness (QED) is 0.140. The number of esters is 3. The highest BCUT2D eigenvalue weighted by Crippen LogP contribution is 2.13. The van der Waals surface area contributed by atoms with Crippen molar-refractivity contribution in [1.82, 2.24) is 9.97 Å². The third-order valence-corrected chi connectivity index (χ3v) is 5.62. The molecule has 0 aromatic carbocycles. The lowest BCUT2D eigenvalue weighted by molar-refractivity contribution is -0.162. The number of rotatable bonds is 14. The van der Waals surface area contributed by atoms with Gasteiger partial charge in [-0.2, -0.15) is 0 Å². The zero-order valence-electron chi connectivity index (χ0n) is 22.4. The van der Waals surface area contributed by atoms with Gasteiger partial charge in [0, 0.05) is 18.7 Å². The van der Waals surface area contributed by atoms with E-state index in [0.717, 1.165) is 6.42 Å². The number of nitrogens with one attached hydrogen (secondary N) is 1. The summed E-state index contributed by atoms with van der Waals surface area (Å²) < 4.78 is 9.79. The van der Waals surface area contributed by atoms with Crippen LogP contribution in [-0.2, 0) is 35.1 Å². The van der Waals surface area contributed by atoms with E-state index in [1.165, 1.54) is 6.33 Å². The number of hydrogen-bond acceptors (Lipinski definition) is 11. The van der Waals surface area contributed by atoms with Gasteiger partial charge in [0.2, 0.25) is 0 Å². The molecule has 0 bridgehead atoms. The first-order valence-corrected chi connectivity index (χ1v) is 12.4. The molecule has 0 spiro atoms. The monoisotopic (exact) mass is 528 g/mol. The summed E-state index contributed by atoms with van der Waals surface area (Å²) in [6, 6.07) is -2.97. The molecule has 0 fully saturated rings. The molecule has 37 heavy (non-hydrogen) atoms. The molecule has 1 heterocycles. The lowest BCUT2D eigenvalue weighted by atomic mass is 9.98. The number of nitrogens with two attached hydrogens (primary N) is 4. The van der Waals surface area contributed by atoms with Crippen molar-refractivity contribution in [1.29, 1.82) is 0 Å². The summed E-state index contributed by atoms with van der Waals surface area (Å²) >= 11 is 0. The third-order valence-electron chi connectivity index (χ3n) is 5.62. The Labute approximate surface area is 218 Å². The first-order valence-electron chi connectivity index (χ1n) is 12.4. The average Bonchev–Trinajstić information content (AvgIpc) is 3.34. The molecule has 0 aliphatic carbocycles. The van der Waals surface area contributed by atoms with Crippen molar-refractivity contribution < 1.29 is 33.8 Å². The Bertz CT molecular complexity index is 834. The van der Waals surface area contributed by atoms with Crippen LogP contribution in [0.15, 0.2) is 12.5 Å². The number of nitrogens with zero attached hydrogens (tertiary/aromatic N) is 1. The molecule has 0 radical (unpaired) electrons. The van der Waals surface area contributed by atoms with Crippen LogP contribution in [0, 0.1) is 11.8 Å². The minimum atomic E-state index is -1.04. The van der Waals surface area contributed by atoms with Crippen molar-refractivity contribution >= 4 is 23.9 Å². The van der Waals surface area contributed by atoms with Crippen LogP contribution >= 0.6 is 0 Å². The second-order valence-electron chi connectivity index (χ2n) is 9.40. The van der Waals surface area contributed by atoms with E-state index in [0.29, 0.717) is 24.5 Å². The van der Waals surface area contributed by atoms with Crippen LogP contribution < -0.4 is 22.9 Å². The van der Waals surface area contributed by atoms with Gasteiger partial charge in [-0.1, -0.05) is 41.0 Å². The standard InChI is InChI=1S/C12H20N4O3.C12H24N2O4/c1-3-7(2)10(14)12(18)19-11(17)9(13)4-8-5-15-6-16-8;1-4-8(13)12(17)18-10(6-11(15)16)9(14)5-7(2)3/h5-7,9-10H,3-4,13-14H2,1-2H3,(H,15,16);7-10H,4-6,13-14H2,1-3H3,(H,15,16)/t7-,9-,10-;8?,9-,10-/m00/s1. The second-order valence-corrected chi connectivity index (χ2v) is 9.40. The van der Waals surface area contributed by atoms with Crippen LogP contribution in [0.1, 0.15) is 66.0 Å². The summed E-state index contributed by atoms with van der Waals surface area (Å²) in [7, 11) is 0. The fourth-order valence-electron chi connectivity index (χ4n) is 2.99. The number of carboxylic acids is 1. The molecule has 1 aromatic heterocycles. The van der Waals surface area contributed by atoms with Crippen molar-refractivity contribution in [2.24, 2.45) is 34.8 Å². The average molecular weight is 529 g/mol. The Balaban J connectivity index is 0.000000702. The summed E-state index contributed by atoms with van der Waals surface area (Å²) in [4.78, 5) is 52.2. The molecule has 1 rings (SSSR count). The molecule has 10 N–H and O–H groups in total. The van der Waals surface area contributed by atoms with Gasteiger partial charge in [-0.3, -0.25) is 9.59 Å². The lowest BCUT2D eigenvalue weighted by Gasteiger charge is -2.25. The number of H-pyrrole nitrogens is 1. The first-order chi connectivity index (χ1) is 17.2. The number of aromatic nitrogens is 2. The molecule has 13 heteroatoms. The van der Waals surface area contributed by atoms with Gasteiger partial charge in [0.05, 0.1) is 18.4 Å². The molecule has 1 aromatic rings. The first kappa shape index (κ1) is 34.1. The molecule has 212 valence electrons. The fourth-order valence-corrected chi connectivity index (χ4v) is 2.99. The topological polar surface area (TPSA) is 240 Å². The maximum atomic E-state index is 11.6. The number of ether oxygens (including phenoxy) is 2. The van der Waals surface area contributed by atoms with E-state index in [9.17, 15) is 19.2 Å². The van der Waals surface area contributed by atoms with Crippen molar-refractivity contribution in [2.75, 3.05) is 0 Å². The molecule has 0 saturated heterocycles. The molecule has 0 saturated carbocycles. The SMILES string of the molecule is CCC(N)C(=O)O[C@@H](CC(=O)O)[C@@H](N)CC(C)C.CC[C@H](C)[C@H](N)C(=O)OC(=O)[C@@H](N)Cc1c[nH]cn1. The van der Waals surface area contributed by atoms with Crippen molar-refractivity contribution in [2.45, 2.75) is 97.0 Å². The highest BCUT2D eigenvalue weighted by atomic mass is 16.6.